The van der Waals surface area contributed by atoms with Crippen molar-refractivity contribution in [1.82, 2.24) is 0 Å². The van der Waals surface area contributed by atoms with Gasteiger partial charge in [0.2, 0.25) is 0 Å². The van der Waals surface area contributed by atoms with Gasteiger partial charge in [-0.25, -0.2) is 0 Å². The Kier molecular flexibility index (Phi) is 3.10. The van der Waals surface area contributed by atoms with Gasteiger partial charge in [0.05, 0.1) is 0 Å². The lowest BCUT2D eigenvalue weighted by atomic mass is 9.83. The molecule has 0 heteroatoms. The maximum Gasteiger partial charge on any atom is -0.00768 e. The first-order chi connectivity index (χ1) is 9.69. The van der Waals surface area contributed by atoms with Crippen LogP contribution in [0.5, 0.6) is 0 Å². The van der Waals surface area contributed by atoms with Crippen molar-refractivity contribution in [2.45, 2.75) is 26.7 Å². The van der Waals surface area contributed by atoms with Crippen LogP contribution >= 0.6 is 0 Å². The standard InChI is InChI=1S/C20H20/c1-5-15-10-8-11-17-14(4)19-13(3)9-7-12-18(19)16(6-2)20(15)17/h5-7,9-10,12H,1,3,8,11H2,2,4H3/b16-6-. The Morgan fingerprint density at radius 3 is 2.75 bits per heavy atom. The second-order valence-corrected chi connectivity index (χ2v) is 5.42. The molecule has 0 aromatic heterocycles. The number of fused-ring (bicyclic) bond motifs is 2. The number of benzene rings is 2. The minimum atomic E-state index is 1.10. The third-order valence-electron chi connectivity index (χ3n) is 4.40. The summed E-state index contributed by atoms with van der Waals surface area (Å²) in [5.41, 5.74) is 5.51. The van der Waals surface area contributed by atoms with Gasteiger partial charge < -0.3 is 0 Å². The summed E-state index contributed by atoms with van der Waals surface area (Å²) in [6.07, 6.45) is 8.74. The fourth-order valence-electron chi connectivity index (χ4n) is 3.50. The number of rotatable bonds is 1. The van der Waals surface area contributed by atoms with E-state index in [0.29, 0.717) is 0 Å². The molecule has 2 aromatic carbocycles. The first-order valence-corrected chi connectivity index (χ1v) is 7.21. The Labute approximate surface area is 120 Å². The van der Waals surface area contributed by atoms with Crippen molar-refractivity contribution in [3.05, 3.63) is 64.1 Å². The number of hydrogen-bond donors (Lipinski definition) is 0. The van der Waals surface area contributed by atoms with E-state index in [1.165, 1.54) is 38.3 Å². The van der Waals surface area contributed by atoms with Crippen molar-refractivity contribution in [3.63, 3.8) is 0 Å². The molecule has 0 aliphatic heterocycles. The molecule has 0 nitrogen and oxygen atoms in total. The van der Waals surface area contributed by atoms with Crippen molar-refractivity contribution in [3.8, 4) is 0 Å². The molecular formula is C20H20. The third-order valence-corrected chi connectivity index (χ3v) is 4.40. The predicted octanol–water partition coefficient (Wildman–Crippen LogP) is 3.87. The molecule has 0 heterocycles. The number of aryl methyl sites for hydroxylation is 1. The molecule has 2 aromatic rings. The van der Waals surface area contributed by atoms with Gasteiger partial charge in [0.15, 0.2) is 0 Å². The van der Waals surface area contributed by atoms with Gasteiger partial charge in [0.25, 0.3) is 0 Å². The van der Waals surface area contributed by atoms with Gasteiger partial charge in [0.1, 0.15) is 0 Å². The summed E-state index contributed by atoms with van der Waals surface area (Å²) in [4.78, 5) is 0. The molecule has 1 aliphatic rings. The van der Waals surface area contributed by atoms with E-state index in [4.69, 9.17) is 0 Å². The van der Waals surface area contributed by atoms with Crippen molar-refractivity contribution >= 4 is 29.0 Å². The van der Waals surface area contributed by atoms with E-state index < -0.39 is 0 Å². The molecule has 0 spiro atoms. The van der Waals surface area contributed by atoms with Gasteiger partial charge in [0, 0.05) is 0 Å². The molecule has 0 amide bonds. The highest BCUT2D eigenvalue weighted by Gasteiger charge is 2.17. The van der Waals surface area contributed by atoms with Crippen molar-refractivity contribution in [2.24, 2.45) is 0 Å². The van der Waals surface area contributed by atoms with Crippen molar-refractivity contribution in [1.29, 1.82) is 0 Å². The Morgan fingerprint density at radius 1 is 1.25 bits per heavy atom. The molecule has 1 aliphatic carbocycles. The first-order valence-electron chi connectivity index (χ1n) is 7.21. The van der Waals surface area contributed by atoms with Gasteiger partial charge in [-0.3, -0.25) is 0 Å². The molecule has 0 radical (unpaired) electrons. The Bertz CT molecular complexity index is 848. The molecule has 0 N–H and O–H groups in total. The quantitative estimate of drug-likeness (QED) is 0.730. The zero-order valence-electron chi connectivity index (χ0n) is 12.3. The first kappa shape index (κ1) is 12.9. The Hall–Kier alpha value is -2.08. The SMILES string of the molecule is C=CC1=CCCc2c1/c(=C\C)c1cccc(=C)c1c2C. The lowest BCUT2D eigenvalue weighted by Gasteiger charge is -2.21. The third kappa shape index (κ3) is 1.68. The monoisotopic (exact) mass is 260 g/mol. The second kappa shape index (κ2) is 4.79. The van der Waals surface area contributed by atoms with E-state index in [1.54, 1.807) is 0 Å². The lowest BCUT2D eigenvalue weighted by molar-refractivity contribution is 0.966. The zero-order chi connectivity index (χ0) is 14.3. The highest BCUT2D eigenvalue weighted by Crippen LogP contribution is 2.30. The maximum atomic E-state index is 4.22. The molecule has 0 saturated carbocycles. The molecule has 0 saturated heterocycles. The van der Waals surface area contributed by atoms with Crippen LogP contribution in [0.1, 0.15) is 30.0 Å². The van der Waals surface area contributed by atoms with E-state index in [2.05, 4.69) is 57.4 Å². The highest BCUT2D eigenvalue weighted by molar-refractivity contribution is 5.94. The average molecular weight is 260 g/mol. The van der Waals surface area contributed by atoms with E-state index in [1.807, 2.05) is 6.08 Å². The van der Waals surface area contributed by atoms with Crippen LogP contribution in [0.4, 0.5) is 0 Å². The Morgan fingerprint density at radius 2 is 2.05 bits per heavy atom. The minimum absolute atomic E-state index is 1.10. The fourth-order valence-corrected chi connectivity index (χ4v) is 3.50. The molecule has 0 atom stereocenters. The fraction of sp³-hybridized carbons (Fsp3) is 0.200. The van der Waals surface area contributed by atoms with Crippen LogP contribution in [0.15, 0.2) is 36.9 Å². The van der Waals surface area contributed by atoms with Crippen LogP contribution in [-0.4, -0.2) is 0 Å². The smallest absolute Gasteiger partial charge is 0.00768 e. The minimum Gasteiger partial charge on any atom is -0.0985 e. The van der Waals surface area contributed by atoms with Crippen LogP contribution in [0.25, 0.3) is 29.0 Å². The van der Waals surface area contributed by atoms with Crippen molar-refractivity contribution < 1.29 is 0 Å². The van der Waals surface area contributed by atoms with Gasteiger partial charge >= 0.3 is 0 Å². The van der Waals surface area contributed by atoms with Crippen LogP contribution in [0, 0.1) is 6.92 Å². The summed E-state index contributed by atoms with van der Waals surface area (Å²) in [5.74, 6) is 0. The molecule has 100 valence electrons. The normalized spacial score (nSPS) is 15.1. The summed E-state index contributed by atoms with van der Waals surface area (Å²) >= 11 is 0. The van der Waals surface area contributed by atoms with E-state index >= 15 is 0 Å². The van der Waals surface area contributed by atoms with Crippen LogP contribution in [-0.2, 0) is 6.42 Å². The molecule has 0 bridgehead atoms. The van der Waals surface area contributed by atoms with E-state index in [9.17, 15) is 0 Å². The topological polar surface area (TPSA) is 0 Å². The molecular weight excluding hydrogens is 240 g/mol. The van der Waals surface area contributed by atoms with Crippen molar-refractivity contribution in [2.75, 3.05) is 0 Å². The molecule has 0 fully saturated rings. The van der Waals surface area contributed by atoms with Gasteiger partial charge in [-0.05, 0) is 70.2 Å². The van der Waals surface area contributed by atoms with E-state index in [-0.39, 0.29) is 0 Å². The Balaban J connectivity index is 2.64. The second-order valence-electron chi connectivity index (χ2n) is 5.42. The van der Waals surface area contributed by atoms with Gasteiger partial charge in [-0.2, -0.15) is 0 Å². The molecule has 3 rings (SSSR count). The van der Waals surface area contributed by atoms with Crippen LogP contribution in [0.2, 0.25) is 0 Å². The number of allylic oxidation sites excluding steroid dienone is 3. The summed E-state index contributed by atoms with van der Waals surface area (Å²) in [7, 11) is 0. The molecule has 0 unspecified atom stereocenters. The van der Waals surface area contributed by atoms with Gasteiger partial charge in [-0.1, -0.05) is 49.6 Å². The van der Waals surface area contributed by atoms with Crippen LogP contribution < -0.4 is 10.4 Å². The summed E-state index contributed by atoms with van der Waals surface area (Å²) in [6.45, 7) is 12.6. The molecule has 20 heavy (non-hydrogen) atoms. The lowest BCUT2D eigenvalue weighted by Crippen LogP contribution is -2.19. The summed E-state index contributed by atoms with van der Waals surface area (Å²) in [6, 6.07) is 6.42. The average Bonchev–Trinajstić information content (AvgIpc) is 2.47. The largest absolute Gasteiger partial charge is 0.0985 e. The maximum absolute atomic E-state index is 4.22. The summed E-state index contributed by atoms with van der Waals surface area (Å²) in [5, 5.41) is 5.09. The van der Waals surface area contributed by atoms with E-state index in [0.717, 1.165) is 18.1 Å². The highest BCUT2D eigenvalue weighted by atomic mass is 14.2. The van der Waals surface area contributed by atoms with Crippen LogP contribution in [0.3, 0.4) is 0 Å². The van der Waals surface area contributed by atoms with Gasteiger partial charge in [-0.15, -0.1) is 0 Å². The zero-order valence-corrected chi connectivity index (χ0v) is 12.3. The summed E-state index contributed by atoms with van der Waals surface area (Å²) < 4.78 is 0. The number of hydrogen-bond acceptors (Lipinski definition) is 0. The predicted molar refractivity (Wildman–Crippen MR) is 90.1 cm³/mol.